The van der Waals surface area contributed by atoms with E-state index in [0.29, 0.717) is 6.61 Å². The van der Waals surface area contributed by atoms with Gasteiger partial charge in [-0.2, -0.15) is 0 Å². The van der Waals surface area contributed by atoms with Gasteiger partial charge in [0.15, 0.2) is 12.4 Å². The smallest absolute Gasteiger partial charge is 0.303 e. The van der Waals surface area contributed by atoms with Crippen molar-refractivity contribution in [3.63, 3.8) is 0 Å². The molecule has 0 amide bonds. The number of benzene rings is 1. The average Bonchev–Trinajstić information content (AvgIpc) is 2.50. The van der Waals surface area contributed by atoms with Crippen LogP contribution in [0.3, 0.4) is 0 Å². The van der Waals surface area contributed by atoms with Gasteiger partial charge in [-0.25, -0.2) is 0 Å². The van der Waals surface area contributed by atoms with Gasteiger partial charge in [-0.05, 0) is 12.0 Å². The number of rotatable bonds is 5. The number of carbonyl (C=O) groups excluding carboxylic acids is 1. The standard InChI is InChI=1S/C17H24O5/c1-4-14-11(2)15(16(17(19)22-14)21-12(3)18)20-10-13-8-6-5-7-9-13/h5-9,11,14-17,19H,4,10H2,1-3H3/t11-,14-,15+,16+,17?/m1/s1. The van der Waals surface area contributed by atoms with E-state index in [1.165, 1.54) is 6.92 Å². The summed E-state index contributed by atoms with van der Waals surface area (Å²) in [6.45, 7) is 5.70. The number of esters is 1. The minimum atomic E-state index is -1.16. The lowest BCUT2D eigenvalue weighted by Gasteiger charge is -2.42. The molecule has 5 nitrogen and oxygen atoms in total. The maximum absolute atomic E-state index is 11.3. The molecule has 0 bridgehead atoms. The van der Waals surface area contributed by atoms with Gasteiger partial charge < -0.3 is 19.3 Å². The Kier molecular flexibility index (Phi) is 5.94. The fourth-order valence-corrected chi connectivity index (χ4v) is 2.85. The van der Waals surface area contributed by atoms with E-state index in [2.05, 4.69) is 0 Å². The van der Waals surface area contributed by atoms with Crippen LogP contribution in [0.5, 0.6) is 0 Å². The zero-order valence-electron chi connectivity index (χ0n) is 13.3. The molecule has 1 saturated heterocycles. The minimum Gasteiger partial charge on any atom is -0.454 e. The van der Waals surface area contributed by atoms with Crippen LogP contribution in [0.1, 0.15) is 32.8 Å². The molecule has 0 spiro atoms. The van der Waals surface area contributed by atoms with Crippen LogP contribution in [0.15, 0.2) is 30.3 Å². The van der Waals surface area contributed by atoms with Crippen LogP contribution in [0.2, 0.25) is 0 Å². The Morgan fingerprint density at radius 1 is 1.27 bits per heavy atom. The number of ether oxygens (including phenoxy) is 3. The van der Waals surface area contributed by atoms with Crippen molar-refractivity contribution in [2.75, 3.05) is 0 Å². The lowest BCUT2D eigenvalue weighted by Crippen LogP contribution is -2.55. The van der Waals surface area contributed by atoms with Gasteiger partial charge in [0.1, 0.15) is 6.10 Å². The summed E-state index contributed by atoms with van der Waals surface area (Å²) in [5.74, 6) is -0.440. The molecular weight excluding hydrogens is 284 g/mol. The van der Waals surface area contributed by atoms with Crippen molar-refractivity contribution in [2.45, 2.75) is 58.4 Å². The Balaban J connectivity index is 2.10. The molecule has 1 N–H and O–H groups in total. The van der Waals surface area contributed by atoms with E-state index < -0.39 is 24.5 Å². The summed E-state index contributed by atoms with van der Waals surface area (Å²) in [5, 5.41) is 10.1. The van der Waals surface area contributed by atoms with Crippen LogP contribution in [-0.4, -0.2) is 35.7 Å². The molecule has 0 radical (unpaired) electrons. The maximum atomic E-state index is 11.3. The number of carbonyl (C=O) groups is 1. The number of aliphatic hydroxyl groups excluding tert-OH is 1. The normalized spacial score (nSPS) is 31.7. The Hall–Kier alpha value is -1.43. The summed E-state index contributed by atoms with van der Waals surface area (Å²) in [6, 6.07) is 9.77. The monoisotopic (exact) mass is 308 g/mol. The average molecular weight is 308 g/mol. The van der Waals surface area contributed by atoms with E-state index in [1.54, 1.807) is 0 Å². The van der Waals surface area contributed by atoms with Gasteiger partial charge in [-0.3, -0.25) is 4.79 Å². The molecule has 1 aliphatic rings. The van der Waals surface area contributed by atoms with Gasteiger partial charge in [0.25, 0.3) is 0 Å². The van der Waals surface area contributed by atoms with Gasteiger partial charge in [0.2, 0.25) is 0 Å². The number of hydrogen-bond acceptors (Lipinski definition) is 5. The van der Waals surface area contributed by atoms with Crippen molar-refractivity contribution >= 4 is 5.97 Å². The van der Waals surface area contributed by atoms with Crippen LogP contribution in [0, 0.1) is 5.92 Å². The highest BCUT2D eigenvalue weighted by Gasteiger charge is 2.45. The molecule has 1 aromatic rings. The molecule has 0 aromatic heterocycles. The van der Waals surface area contributed by atoms with Gasteiger partial charge in [-0.1, -0.05) is 44.2 Å². The predicted octanol–water partition coefficient (Wildman–Crippen LogP) is 2.27. The van der Waals surface area contributed by atoms with Crippen LogP contribution >= 0.6 is 0 Å². The third-order valence-corrected chi connectivity index (χ3v) is 4.01. The molecular formula is C17H24O5. The molecule has 1 fully saturated rings. The predicted molar refractivity (Wildman–Crippen MR) is 80.9 cm³/mol. The second-order valence-electron chi connectivity index (χ2n) is 5.67. The molecule has 1 aromatic carbocycles. The zero-order chi connectivity index (χ0) is 16.1. The summed E-state index contributed by atoms with van der Waals surface area (Å²) < 4.78 is 16.8. The van der Waals surface area contributed by atoms with Crippen molar-refractivity contribution in [1.82, 2.24) is 0 Å². The van der Waals surface area contributed by atoms with Crippen LogP contribution in [0.25, 0.3) is 0 Å². The fraction of sp³-hybridized carbons (Fsp3) is 0.588. The molecule has 5 atom stereocenters. The van der Waals surface area contributed by atoms with E-state index in [9.17, 15) is 9.90 Å². The molecule has 2 rings (SSSR count). The summed E-state index contributed by atoms with van der Waals surface area (Å²) in [6.07, 6.45) is -1.74. The van der Waals surface area contributed by atoms with Crippen LogP contribution in [-0.2, 0) is 25.6 Å². The van der Waals surface area contributed by atoms with Crippen molar-refractivity contribution < 1.29 is 24.1 Å². The summed E-state index contributed by atoms with van der Waals surface area (Å²) in [7, 11) is 0. The van der Waals surface area contributed by atoms with Gasteiger partial charge in [0.05, 0.1) is 12.7 Å². The Morgan fingerprint density at radius 2 is 1.95 bits per heavy atom. The minimum absolute atomic E-state index is 0.0152. The first-order valence-corrected chi connectivity index (χ1v) is 7.69. The molecule has 5 heteroatoms. The van der Waals surface area contributed by atoms with Gasteiger partial charge in [0, 0.05) is 12.8 Å². The Morgan fingerprint density at radius 3 is 2.55 bits per heavy atom. The molecule has 122 valence electrons. The number of aliphatic hydroxyl groups is 1. The third-order valence-electron chi connectivity index (χ3n) is 4.01. The lowest BCUT2D eigenvalue weighted by molar-refractivity contribution is -0.281. The number of hydrogen-bond donors (Lipinski definition) is 1. The molecule has 1 heterocycles. The van der Waals surface area contributed by atoms with E-state index in [0.717, 1.165) is 12.0 Å². The molecule has 22 heavy (non-hydrogen) atoms. The first-order chi connectivity index (χ1) is 10.5. The highest BCUT2D eigenvalue weighted by Crippen LogP contribution is 2.31. The van der Waals surface area contributed by atoms with Crippen LogP contribution < -0.4 is 0 Å². The second kappa shape index (κ2) is 7.72. The van der Waals surface area contributed by atoms with Gasteiger partial charge in [-0.15, -0.1) is 0 Å². The van der Waals surface area contributed by atoms with Crippen LogP contribution in [0.4, 0.5) is 0 Å². The fourth-order valence-electron chi connectivity index (χ4n) is 2.85. The zero-order valence-corrected chi connectivity index (χ0v) is 13.3. The third kappa shape index (κ3) is 4.06. The molecule has 1 aliphatic heterocycles. The van der Waals surface area contributed by atoms with Crippen molar-refractivity contribution in [1.29, 1.82) is 0 Å². The quantitative estimate of drug-likeness (QED) is 0.845. The van der Waals surface area contributed by atoms with Crippen molar-refractivity contribution in [3.8, 4) is 0 Å². The van der Waals surface area contributed by atoms with Gasteiger partial charge >= 0.3 is 5.97 Å². The first kappa shape index (κ1) is 16.9. The highest BCUT2D eigenvalue weighted by atomic mass is 16.7. The topological polar surface area (TPSA) is 65.0 Å². The summed E-state index contributed by atoms with van der Waals surface area (Å²) >= 11 is 0. The second-order valence-corrected chi connectivity index (χ2v) is 5.67. The largest absolute Gasteiger partial charge is 0.454 e. The van der Waals surface area contributed by atoms with Crippen molar-refractivity contribution in [2.24, 2.45) is 5.92 Å². The first-order valence-electron chi connectivity index (χ1n) is 7.69. The van der Waals surface area contributed by atoms with Crippen molar-refractivity contribution in [3.05, 3.63) is 35.9 Å². The Bertz CT molecular complexity index is 475. The molecule has 0 aliphatic carbocycles. The Labute approximate surface area is 131 Å². The van der Waals surface area contributed by atoms with E-state index >= 15 is 0 Å². The van der Waals surface area contributed by atoms with E-state index in [4.69, 9.17) is 14.2 Å². The SMILES string of the molecule is CC[C@H]1OC(O)[C@@H](OC(C)=O)[C@@H](OCc2ccccc2)[C@@H]1C. The lowest BCUT2D eigenvalue weighted by atomic mass is 9.89. The molecule has 0 saturated carbocycles. The summed E-state index contributed by atoms with van der Waals surface area (Å²) in [5.41, 5.74) is 1.03. The maximum Gasteiger partial charge on any atom is 0.303 e. The van der Waals surface area contributed by atoms with E-state index in [1.807, 2.05) is 44.2 Å². The molecule has 1 unspecified atom stereocenters. The van der Waals surface area contributed by atoms with E-state index in [-0.39, 0.29) is 12.0 Å². The highest BCUT2D eigenvalue weighted by molar-refractivity contribution is 5.66. The summed E-state index contributed by atoms with van der Waals surface area (Å²) in [4.78, 5) is 11.3.